The van der Waals surface area contributed by atoms with Gasteiger partial charge in [-0.3, -0.25) is 0 Å². The van der Waals surface area contributed by atoms with Gasteiger partial charge in [0.05, 0.1) is 0 Å². The smallest absolute Gasteiger partial charge is 0.124 e. The van der Waals surface area contributed by atoms with Gasteiger partial charge in [-0.05, 0) is 49.4 Å². The van der Waals surface area contributed by atoms with Crippen molar-refractivity contribution in [1.29, 1.82) is 0 Å². The normalized spacial score (nSPS) is 10.6. The Kier molecular flexibility index (Phi) is 4.39. The molecule has 0 bridgehead atoms. The van der Waals surface area contributed by atoms with Gasteiger partial charge in [-0.2, -0.15) is 0 Å². The highest BCUT2D eigenvalue weighted by molar-refractivity contribution is 7.99. The Balaban J connectivity index is 2.26. The highest BCUT2D eigenvalue weighted by atomic mass is 32.2. The van der Waals surface area contributed by atoms with Crippen LogP contribution in [0.25, 0.3) is 0 Å². The molecule has 0 unspecified atom stereocenters. The Morgan fingerprint density at radius 3 is 2.67 bits per heavy atom. The Hall–Kier alpha value is -1.32. The van der Waals surface area contributed by atoms with Crippen LogP contribution in [-0.4, -0.2) is 7.05 Å². The SMILES string of the molecule is CNCc1cc(F)cc(Sc2ccccc2C)c1. The van der Waals surface area contributed by atoms with Gasteiger partial charge in [0.25, 0.3) is 0 Å². The number of benzene rings is 2. The monoisotopic (exact) mass is 261 g/mol. The van der Waals surface area contributed by atoms with E-state index in [4.69, 9.17) is 0 Å². The van der Waals surface area contributed by atoms with Crippen LogP contribution >= 0.6 is 11.8 Å². The van der Waals surface area contributed by atoms with Crippen molar-refractivity contribution in [3.05, 3.63) is 59.4 Å². The summed E-state index contributed by atoms with van der Waals surface area (Å²) < 4.78 is 13.5. The summed E-state index contributed by atoms with van der Waals surface area (Å²) in [5.41, 5.74) is 2.18. The summed E-state index contributed by atoms with van der Waals surface area (Å²) in [7, 11) is 1.86. The van der Waals surface area contributed by atoms with E-state index in [-0.39, 0.29) is 5.82 Å². The Morgan fingerprint density at radius 1 is 1.17 bits per heavy atom. The molecule has 0 atom stereocenters. The summed E-state index contributed by atoms with van der Waals surface area (Å²) in [6, 6.07) is 13.3. The van der Waals surface area contributed by atoms with Crippen LogP contribution in [0, 0.1) is 12.7 Å². The number of aryl methyl sites for hydroxylation is 1. The zero-order valence-corrected chi connectivity index (χ0v) is 11.4. The topological polar surface area (TPSA) is 12.0 Å². The second kappa shape index (κ2) is 6.03. The number of halogens is 1. The first kappa shape index (κ1) is 13.1. The molecule has 3 heteroatoms. The van der Waals surface area contributed by atoms with Crippen molar-refractivity contribution in [3.63, 3.8) is 0 Å². The second-order valence-corrected chi connectivity index (χ2v) is 5.31. The minimum atomic E-state index is -0.182. The van der Waals surface area contributed by atoms with Crippen molar-refractivity contribution in [3.8, 4) is 0 Å². The molecule has 0 radical (unpaired) electrons. The van der Waals surface area contributed by atoms with Crippen molar-refractivity contribution >= 4 is 11.8 Å². The average molecular weight is 261 g/mol. The fourth-order valence-electron chi connectivity index (χ4n) is 1.78. The highest BCUT2D eigenvalue weighted by Crippen LogP contribution is 2.31. The first-order valence-electron chi connectivity index (χ1n) is 5.86. The molecule has 18 heavy (non-hydrogen) atoms. The van der Waals surface area contributed by atoms with E-state index >= 15 is 0 Å². The van der Waals surface area contributed by atoms with Gasteiger partial charge in [0, 0.05) is 16.3 Å². The predicted octanol–water partition coefficient (Wildman–Crippen LogP) is 4.00. The third-order valence-electron chi connectivity index (χ3n) is 2.63. The molecule has 0 amide bonds. The van der Waals surface area contributed by atoms with Crippen LogP contribution in [-0.2, 0) is 6.54 Å². The third-order valence-corrected chi connectivity index (χ3v) is 3.78. The molecule has 0 fully saturated rings. The minimum Gasteiger partial charge on any atom is -0.316 e. The zero-order chi connectivity index (χ0) is 13.0. The van der Waals surface area contributed by atoms with E-state index in [9.17, 15) is 4.39 Å². The van der Waals surface area contributed by atoms with E-state index in [0.717, 1.165) is 10.5 Å². The van der Waals surface area contributed by atoms with Gasteiger partial charge in [0.15, 0.2) is 0 Å². The maximum Gasteiger partial charge on any atom is 0.124 e. The molecule has 0 saturated heterocycles. The van der Waals surface area contributed by atoms with Crippen LogP contribution in [0.15, 0.2) is 52.3 Å². The number of hydrogen-bond acceptors (Lipinski definition) is 2. The summed E-state index contributed by atoms with van der Waals surface area (Å²) >= 11 is 1.60. The molecule has 0 aromatic heterocycles. The van der Waals surface area contributed by atoms with Crippen LogP contribution in [0.2, 0.25) is 0 Å². The Bertz CT molecular complexity index is 540. The molecule has 2 aromatic carbocycles. The first-order chi connectivity index (χ1) is 8.69. The fraction of sp³-hybridized carbons (Fsp3) is 0.200. The summed E-state index contributed by atoms with van der Waals surface area (Å²) in [6.45, 7) is 2.75. The van der Waals surface area contributed by atoms with Gasteiger partial charge in [-0.15, -0.1) is 0 Å². The van der Waals surface area contributed by atoms with Crippen LogP contribution in [0.3, 0.4) is 0 Å². The van der Waals surface area contributed by atoms with Crippen LogP contribution < -0.4 is 5.32 Å². The Labute approximate surface area is 111 Å². The van der Waals surface area contributed by atoms with Crippen LogP contribution in [0.4, 0.5) is 4.39 Å². The van der Waals surface area contributed by atoms with Gasteiger partial charge >= 0.3 is 0 Å². The second-order valence-electron chi connectivity index (χ2n) is 4.19. The van der Waals surface area contributed by atoms with Crippen molar-refractivity contribution in [2.45, 2.75) is 23.3 Å². The number of rotatable bonds is 4. The van der Waals surface area contributed by atoms with E-state index < -0.39 is 0 Å². The fourth-order valence-corrected chi connectivity index (χ4v) is 2.80. The summed E-state index contributed by atoms with van der Waals surface area (Å²) in [5, 5.41) is 3.04. The Morgan fingerprint density at radius 2 is 1.94 bits per heavy atom. The van der Waals surface area contributed by atoms with Crippen molar-refractivity contribution in [1.82, 2.24) is 5.32 Å². The number of hydrogen-bond donors (Lipinski definition) is 1. The van der Waals surface area contributed by atoms with Gasteiger partial charge in [0.1, 0.15) is 5.82 Å². The lowest BCUT2D eigenvalue weighted by Gasteiger charge is -2.07. The van der Waals surface area contributed by atoms with Crippen molar-refractivity contribution < 1.29 is 4.39 Å². The molecule has 0 heterocycles. The van der Waals surface area contributed by atoms with Crippen LogP contribution in [0.1, 0.15) is 11.1 Å². The minimum absolute atomic E-state index is 0.182. The maximum absolute atomic E-state index is 13.5. The predicted molar refractivity (Wildman–Crippen MR) is 74.5 cm³/mol. The summed E-state index contributed by atoms with van der Waals surface area (Å²) in [5.74, 6) is -0.182. The molecule has 94 valence electrons. The van der Waals surface area contributed by atoms with Gasteiger partial charge in [-0.25, -0.2) is 4.39 Å². The molecule has 0 spiro atoms. The number of nitrogens with one attached hydrogen (secondary N) is 1. The third kappa shape index (κ3) is 3.34. The van der Waals surface area contributed by atoms with Crippen molar-refractivity contribution in [2.24, 2.45) is 0 Å². The average Bonchev–Trinajstić information content (AvgIpc) is 2.32. The first-order valence-corrected chi connectivity index (χ1v) is 6.68. The molecule has 2 rings (SSSR count). The molecule has 0 saturated carbocycles. The van der Waals surface area contributed by atoms with E-state index in [2.05, 4.69) is 24.4 Å². The van der Waals surface area contributed by atoms with E-state index in [1.807, 2.05) is 25.2 Å². The van der Waals surface area contributed by atoms with E-state index in [1.165, 1.54) is 10.5 Å². The highest BCUT2D eigenvalue weighted by Gasteiger charge is 2.04. The summed E-state index contributed by atoms with van der Waals surface area (Å²) in [6.07, 6.45) is 0. The largest absolute Gasteiger partial charge is 0.316 e. The zero-order valence-electron chi connectivity index (χ0n) is 10.5. The lowest BCUT2D eigenvalue weighted by molar-refractivity contribution is 0.619. The van der Waals surface area contributed by atoms with E-state index in [1.54, 1.807) is 23.9 Å². The molecular weight excluding hydrogens is 245 g/mol. The maximum atomic E-state index is 13.5. The molecule has 2 aromatic rings. The van der Waals surface area contributed by atoms with Crippen molar-refractivity contribution in [2.75, 3.05) is 7.05 Å². The molecule has 0 aliphatic heterocycles. The molecule has 1 nitrogen and oxygen atoms in total. The van der Waals surface area contributed by atoms with Gasteiger partial charge in [0.2, 0.25) is 0 Å². The summed E-state index contributed by atoms with van der Waals surface area (Å²) in [4.78, 5) is 2.10. The quantitative estimate of drug-likeness (QED) is 0.892. The van der Waals surface area contributed by atoms with Gasteiger partial charge < -0.3 is 5.32 Å². The standard InChI is InChI=1S/C15H16FNS/c1-11-5-3-4-6-15(11)18-14-8-12(10-17-2)7-13(16)9-14/h3-9,17H,10H2,1-2H3. The lowest BCUT2D eigenvalue weighted by atomic mass is 10.2. The van der Waals surface area contributed by atoms with Crippen LogP contribution in [0.5, 0.6) is 0 Å². The van der Waals surface area contributed by atoms with Gasteiger partial charge in [-0.1, -0.05) is 30.0 Å². The molecule has 0 aliphatic carbocycles. The molecular formula is C15H16FNS. The van der Waals surface area contributed by atoms with E-state index in [0.29, 0.717) is 6.54 Å². The molecule has 0 aliphatic rings. The molecule has 1 N–H and O–H groups in total. The lowest BCUT2D eigenvalue weighted by Crippen LogP contribution is -2.05.